The van der Waals surface area contributed by atoms with Gasteiger partial charge in [0.25, 0.3) is 0 Å². The quantitative estimate of drug-likeness (QED) is 0.811. The number of carbonyl (C=O) groups excluding carboxylic acids is 2. The summed E-state index contributed by atoms with van der Waals surface area (Å²) in [6.45, 7) is 4.70. The van der Waals surface area contributed by atoms with E-state index in [1.54, 1.807) is 27.7 Å². The Balaban J connectivity index is 1.86. The van der Waals surface area contributed by atoms with Crippen LogP contribution in [0.3, 0.4) is 0 Å². The van der Waals surface area contributed by atoms with E-state index in [1.807, 2.05) is 33.0 Å². The first-order chi connectivity index (χ1) is 12.4. The maximum absolute atomic E-state index is 13.2. The molecule has 3 heterocycles. The highest BCUT2D eigenvalue weighted by atomic mass is 16.5. The van der Waals surface area contributed by atoms with Crippen LogP contribution >= 0.6 is 0 Å². The van der Waals surface area contributed by atoms with E-state index in [0.717, 1.165) is 11.4 Å². The number of likely N-dealkylation sites (tertiary alicyclic amines) is 1. The zero-order chi connectivity index (χ0) is 18.8. The first-order valence-electron chi connectivity index (χ1n) is 8.87. The van der Waals surface area contributed by atoms with Gasteiger partial charge in [-0.2, -0.15) is 5.10 Å². The number of aryl methyl sites for hydroxylation is 2. The van der Waals surface area contributed by atoms with Gasteiger partial charge in [-0.3, -0.25) is 14.3 Å². The molecule has 0 N–H and O–H groups in total. The lowest BCUT2D eigenvalue weighted by Crippen LogP contribution is -2.48. The summed E-state index contributed by atoms with van der Waals surface area (Å²) >= 11 is 0. The van der Waals surface area contributed by atoms with Crippen molar-refractivity contribution in [1.29, 1.82) is 0 Å². The van der Waals surface area contributed by atoms with Gasteiger partial charge < -0.3 is 14.3 Å². The Labute approximate surface area is 152 Å². The summed E-state index contributed by atoms with van der Waals surface area (Å²) < 4.78 is 6.83. The molecular formula is C18H25N5O3. The van der Waals surface area contributed by atoms with Gasteiger partial charge in [0, 0.05) is 39.3 Å². The van der Waals surface area contributed by atoms with E-state index in [4.69, 9.17) is 4.52 Å². The Morgan fingerprint density at radius 1 is 1.46 bits per heavy atom. The summed E-state index contributed by atoms with van der Waals surface area (Å²) in [5.41, 5.74) is 1.60. The number of nitrogens with zero attached hydrogens (tertiary/aromatic N) is 5. The molecule has 0 bridgehead atoms. The third-order valence-corrected chi connectivity index (χ3v) is 4.98. The van der Waals surface area contributed by atoms with Crippen molar-refractivity contribution in [2.24, 2.45) is 13.0 Å². The van der Waals surface area contributed by atoms with E-state index < -0.39 is 0 Å². The van der Waals surface area contributed by atoms with E-state index >= 15 is 0 Å². The van der Waals surface area contributed by atoms with Crippen LogP contribution < -0.4 is 0 Å². The molecule has 1 aliphatic rings. The van der Waals surface area contributed by atoms with E-state index in [0.29, 0.717) is 31.7 Å². The van der Waals surface area contributed by atoms with Crippen LogP contribution in [0.15, 0.2) is 22.9 Å². The fourth-order valence-corrected chi connectivity index (χ4v) is 3.72. The molecule has 1 saturated heterocycles. The fourth-order valence-electron chi connectivity index (χ4n) is 3.72. The van der Waals surface area contributed by atoms with Crippen molar-refractivity contribution < 1.29 is 14.1 Å². The van der Waals surface area contributed by atoms with Crippen LogP contribution in [0.25, 0.3) is 0 Å². The van der Waals surface area contributed by atoms with Crippen LogP contribution in [0.1, 0.15) is 43.0 Å². The van der Waals surface area contributed by atoms with E-state index in [9.17, 15) is 9.59 Å². The average molecular weight is 359 g/mol. The van der Waals surface area contributed by atoms with E-state index in [2.05, 4.69) is 10.3 Å². The van der Waals surface area contributed by atoms with Crippen molar-refractivity contribution in [3.05, 3.63) is 35.5 Å². The minimum absolute atomic E-state index is 0.00260. The fraction of sp³-hybridized carbons (Fsp3) is 0.556. The Morgan fingerprint density at radius 3 is 2.81 bits per heavy atom. The largest absolute Gasteiger partial charge is 0.361 e. The van der Waals surface area contributed by atoms with Gasteiger partial charge >= 0.3 is 0 Å². The lowest BCUT2D eigenvalue weighted by Gasteiger charge is -2.41. The van der Waals surface area contributed by atoms with Crippen LogP contribution in [0.2, 0.25) is 0 Å². The zero-order valence-electron chi connectivity index (χ0n) is 15.7. The van der Waals surface area contributed by atoms with Crippen LogP contribution in [0.4, 0.5) is 0 Å². The topological polar surface area (TPSA) is 84.5 Å². The van der Waals surface area contributed by atoms with E-state index in [-0.39, 0.29) is 23.8 Å². The first-order valence-corrected chi connectivity index (χ1v) is 8.87. The second kappa shape index (κ2) is 7.31. The van der Waals surface area contributed by atoms with Gasteiger partial charge in [0.05, 0.1) is 24.2 Å². The van der Waals surface area contributed by atoms with Crippen molar-refractivity contribution in [3.63, 3.8) is 0 Å². The van der Waals surface area contributed by atoms with Gasteiger partial charge in [-0.05, 0) is 26.3 Å². The van der Waals surface area contributed by atoms with Crippen molar-refractivity contribution >= 4 is 11.8 Å². The average Bonchev–Trinajstić information content (AvgIpc) is 3.21. The van der Waals surface area contributed by atoms with Crippen LogP contribution in [-0.4, -0.2) is 50.1 Å². The Bertz CT molecular complexity index is 796. The predicted molar refractivity (Wildman–Crippen MR) is 93.8 cm³/mol. The number of rotatable bonds is 5. The minimum atomic E-state index is -0.305. The molecule has 2 aromatic heterocycles. The van der Waals surface area contributed by atoms with Gasteiger partial charge in [-0.25, -0.2) is 0 Å². The molecular weight excluding hydrogens is 334 g/mol. The monoisotopic (exact) mass is 359 g/mol. The smallest absolute Gasteiger partial charge is 0.228 e. The number of hydrogen-bond acceptors (Lipinski definition) is 5. The number of hydrogen-bond donors (Lipinski definition) is 0. The lowest BCUT2D eigenvalue weighted by atomic mass is 9.85. The second-order valence-corrected chi connectivity index (χ2v) is 6.77. The third-order valence-electron chi connectivity index (χ3n) is 4.98. The second-order valence-electron chi connectivity index (χ2n) is 6.77. The predicted octanol–water partition coefficient (Wildman–Crippen LogP) is 1.67. The van der Waals surface area contributed by atoms with Crippen molar-refractivity contribution in [1.82, 2.24) is 24.7 Å². The van der Waals surface area contributed by atoms with Crippen LogP contribution in [0, 0.1) is 12.8 Å². The highest BCUT2D eigenvalue weighted by Gasteiger charge is 2.42. The van der Waals surface area contributed by atoms with Gasteiger partial charge in [0.15, 0.2) is 0 Å². The molecule has 0 aliphatic carbocycles. The normalized spacial score (nSPS) is 20.5. The van der Waals surface area contributed by atoms with Gasteiger partial charge in [-0.1, -0.05) is 5.16 Å². The molecule has 1 aliphatic heterocycles. The number of amides is 2. The summed E-state index contributed by atoms with van der Waals surface area (Å²) in [6, 6.07) is 3.40. The molecule has 2 aromatic rings. The molecule has 0 radical (unpaired) electrons. The summed E-state index contributed by atoms with van der Waals surface area (Å²) in [7, 11) is 3.60. The van der Waals surface area contributed by atoms with Crippen molar-refractivity contribution in [2.75, 3.05) is 13.6 Å². The maximum atomic E-state index is 13.2. The van der Waals surface area contributed by atoms with Crippen LogP contribution in [0.5, 0.6) is 0 Å². The van der Waals surface area contributed by atoms with Gasteiger partial charge in [0.1, 0.15) is 11.5 Å². The summed E-state index contributed by atoms with van der Waals surface area (Å²) in [4.78, 5) is 29.1. The van der Waals surface area contributed by atoms with Crippen molar-refractivity contribution in [3.8, 4) is 0 Å². The molecule has 2 atom stereocenters. The molecule has 26 heavy (non-hydrogen) atoms. The standard InChI is InChI=1S/C18H25N5O3/c1-5-23-16(24)7-6-14(17(23)15-8-9-19-22(15)4)18(25)21(3)11-13-10-12(2)26-20-13/h8-10,14,17H,5-7,11H2,1-4H3/t14-,17-/m0/s1. The highest BCUT2D eigenvalue weighted by molar-refractivity contribution is 5.84. The molecule has 0 spiro atoms. The number of aromatic nitrogens is 3. The first kappa shape index (κ1) is 18.2. The third kappa shape index (κ3) is 3.36. The molecule has 8 heteroatoms. The number of carbonyl (C=O) groups is 2. The van der Waals surface area contributed by atoms with Gasteiger partial charge in [-0.15, -0.1) is 0 Å². The summed E-state index contributed by atoms with van der Waals surface area (Å²) in [5.74, 6) is 0.496. The Morgan fingerprint density at radius 2 is 2.23 bits per heavy atom. The van der Waals surface area contributed by atoms with Gasteiger partial charge in [0.2, 0.25) is 11.8 Å². The maximum Gasteiger partial charge on any atom is 0.228 e. The summed E-state index contributed by atoms with van der Waals surface area (Å²) in [5, 5.41) is 8.19. The van der Waals surface area contributed by atoms with E-state index in [1.165, 1.54) is 0 Å². The molecule has 0 unspecified atom stereocenters. The molecule has 3 rings (SSSR count). The summed E-state index contributed by atoms with van der Waals surface area (Å²) in [6.07, 6.45) is 2.62. The van der Waals surface area contributed by atoms with Crippen molar-refractivity contribution in [2.45, 2.75) is 39.3 Å². The molecule has 2 amide bonds. The molecule has 0 aromatic carbocycles. The molecule has 1 fully saturated rings. The minimum Gasteiger partial charge on any atom is -0.361 e. The highest BCUT2D eigenvalue weighted by Crippen LogP contribution is 2.37. The Kier molecular flexibility index (Phi) is 5.11. The zero-order valence-corrected chi connectivity index (χ0v) is 15.7. The number of piperidine rings is 1. The SMILES string of the molecule is CCN1C(=O)CC[C@H](C(=O)N(C)Cc2cc(C)on2)[C@H]1c1ccnn1C. The molecule has 0 saturated carbocycles. The lowest BCUT2D eigenvalue weighted by molar-refractivity contribution is -0.147. The molecule has 8 nitrogen and oxygen atoms in total. The van der Waals surface area contributed by atoms with Crippen LogP contribution in [-0.2, 0) is 23.2 Å². The molecule has 140 valence electrons. The Hall–Kier alpha value is -2.64.